The van der Waals surface area contributed by atoms with E-state index < -0.39 is 0 Å². The van der Waals surface area contributed by atoms with Gasteiger partial charge in [-0.15, -0.1) is 11.3 Å². The van der Waals surface area contributed by atoms with Gasteiger partial charge >= 0.3 is 0 Å². The molecule has 3 heterocycles. The SMILES string of the molecule is Cc1nn(-c2ccc(F)cc2)c2sc(C(=O)N(C)C3CCN(C)CC3)cc12. The van der Waals surface area contributed by atoms with Crippen LogP contribution in [0.4, 0.5) is 4.39 Å². The number of halogens is 1. The van der Waals surface area contributed by atoms with Crippen LogP contribution >= 0.6 is 11.3 Å². The highest BCUT2D eigenvalue weighted by Crippen LogP contribution is 2.31. The molecular weight excluding hydrogens is 363 g/mol. The van der Waals surface area contributed by atoms with Crippen LogP contribution in [0.2, 0.25) is 0 Å². The molecule has 142 valence electrons. The average Bonchev–Trinajstić information content (AvgIpc) is 3.23. The van der Waals surface area contributed by atoms with E-state index in [9.17, 15) is 9.18 Å². The summed E-state index contributed by atoms with van der Waals surface area (Å²) < 4.78 is 15.0. The minimum absolute atomic E-state index is 0.0656. The molecule has 0 N–H and O–H groups in total. The monoisotopic (exact) mass is 386 g/mol. The number of hydrogen-bond acceptors (Lipinski definition) is 4. The summed E-state index contributed by atoms with van der Waals surface area (Å²) in [6.45, 7) is 3.98. The van der Waals surface area contributed by atoms with Crippen LogP contribution in [-0.2, 0) is 0 Å². The third kappa shape index (κ3) is 3.37. The molecule has 1 aliphatic heterocycles. The first kappa shape index (κ1) is 18.1. The smallest absolute Gasteiger partial charge is 0.264 e. The molecule has 4 rings (SSSR count). The number of benzene rings is 1. The van der Waals surface area contributed by atoms with Crippen LogP contribution in [0.3, 0.4) is 0 Å². The number of thiophene rings is 1. The van der Waals surface area contributed by atoms with E-state index >= 15 is 0 Å². The number of rotatable bonds is 3. The molecule has 0 spiro atoms. The van der Waals surface area contributed by atoms with E-state index in [4.69, 9.17) is 0 Å². The normalized spacial score (nSPS) is 16.1. The Morgan fingerprint density at radius 3 is 2.59 bits per heavy atom. The summed E-state index contributed by atoms with van der Waals surface area (Å²) in [5.74, 6) is -0.212. The zero-order valence-electron chi connectivity index (χ0n) is 15.8. The van der Waals surface area contributed by atoms with E-state index in [1.807, 2.05) is 24.9 Å². The second-order valence-electron chi connectivity index (χ2n) is 7.25. The summed E-state index contributed by atoms with van der Waals surface area (Å²) in [5, 5.41) is 5.54. The van der Waals surface area contributed by atoms with Crippen molar-refractivity contribution < 1.29 is 9.18 Å². The van der Waals surface area contributed by atoms with Crippen molar-refractivity contribution in [2.24, 2.45) is 0 Å². The molecule has 1 aliphatic rings. The molecule has 27 heavy (non-hydrogen) atoms. The second kappa shape index (κ2) is 7.05. The topological polar surface area (TPSA) is 41.4 Å². The highest BCUT2D eigenvalue weighted by molar-refractivity contribution is 7.20. The standard InChI is InChI=1S/C20H23FN4OS/c1-13-17-12-18(19(26)24(3)15-8-10-23(2)11-9-15)27-20(17)25(22-13)16-6-4-14(21)5-7-16/h4-7,12,15H,8-11H2,1-3H3. The number of aryl methyl sites for hydroxylation is 1. The summed E-state index contributed by atoms with van der Waals surface area (Å²) in [6.07, 6.45) is 2.01. The number of amides is 1. The van der Waals surface area contributed by atoms with Crippen molar-refractivity contribution in [1.29, 1.82) is 0 Å². The first-order chi connectivity index (χ1) is 12.9. The van der Waals surface area contributed by atoms with Crippen molar-refractivity contribution in [3.05, 3.63) is 46.7 Å². The van der Waals surface area contributed by atoms with Gasteiger partial charge in [0.25, 0.3) is 5.91 Å². The number of carbonyl (C=O) groups is 1. The van der Waals surface area contributed by atoms with Crippen molar-refractivity contribution in [3.63, 3.8) is 0 Å². The first-order valence-corrected chi connectivity index (χ1v) is 9.96. The molecule has 0 unspecified atom stereocenters. The lowest BCUT2D eigenvalue weighted by Crippen LogP contribution is -2.44. The number of aromatic nitrogens is 2. The summed E-state index contributed by atoms with van der Waals surface area (Å²) in [6, 6.07) is 8.47. The summed E-state index contributed by atoms with van der Waals surface area (Å²) in [7, 11) is 4.02. The fraction of sp³-hybridized carbons (Fsp3) is 0.400. The van der Waals surface area contributed by atoms with E-state index in [1.54, 1.807) is 16.8 Å². The van der Waals surface area contributed by atoms with Crippen molar-refractivity contribution in [2.75, 3.05) is 27.2 Å². The third-order valence-corrected chi connectivity index (χ3v) is 6.48. The van der Waals surface area contributed by atoms with Gasteiger partial charge in [0.15, 0.2) is 0 Å². The van der Waals surface area contributed by atoms with Gasteiger partial charge in [-0.05, 0) is 70.2 Å². The Kier molecular flexibility index (Phi) is 4.74. The van der Waals surface area contributed by atoms with Crippen molar-refractivity contribution >= 4 is 27.5 Å². The molecular formula is C20H23FN4OS. The molecule has 0 bridgehead atoms. The van der Waals surface area contributed by atoms with Gasteiger partial charge in [-0.2, -0.15) is 5.10 Å². The quantitative estimate of drug-likeness (QED) is 0.689. The maximum atomic E-state index is 13.2. The number of hydrogen-bond donors (Lipinski definition) is 0. The van der Waals surface area contributed by atoms with Gasteiger partial charge in [0.2, 0.25) is 0 Å². The van der Waals surface area contributed by atoms with Gasteiger partial charge in [-0.1, -0.05) is 0 Å². The maximum Gasteiger partial charge on any atom is 0.264 e. The Bertz CT molecular complexity index is 970. The zero-order chi connectivity index (χ0) is 19.1. The Morgan fingerprint density at radius 2 is 1.93 bits per heavy atom. The van der Waals surface area contributed by atoms with Gasteiger partial charge in [0.05, 0.1) is 16.3 Å². The van der Waals surface area contributed by atoms with E-state index in [-0.39, 0.29) is 17.8 Å². The summed E-state index contributed by atoms with van der Waals surface area (Å²) in [5.41, 5.74) is 1.66. The number of fused-ring (bicyclic) bond motifs is 1. The third-order valence-electron chi connectivity index (χ3n) is 5.38. The molecule has 2 aromatic heterocycles. The highest BCUT2D eigenvalue weighted by atomic mass is 32.1. The zero-order valence-corrected chi connectivity index (χ0v) is 16.6. The Balaban J connectivity index is 1.64. The van der Waals surface area contributed by atoms with Crippen LogP contribution in [0.1, 0.15) is 28.2 Å². The van der Waals surface area contributed by atoms with Gasteiger partial charge < -0.3 is 9.80 Å². The molecule has 3 aromatic rings. The number of piperidine rings is 1. The second-order valence-corrected chi connectivity index (χ2v) is 8.28. The Hall–Kier alpha value is -2.25. The predicted octanol–water partition coefficient (Wildman–Crippen LogP) is 3.70. The van der Waals surface area contributed by atoms with Gasteiger partial charge in [-0.3, -0.25) is 4.79 Å². The van der Waals surface area contributed by atoms with E-state index in [0.29, 0.717) is 0 Å². The average molecular weight is 386 g/mol. The lowest BCUT2D eigenvalue weighted by molar-refractivity contribution is 0.0664. The van der Waals surface area contributed by atoms with Gasteiger partial charge in [-0.25, -0.2) is 9.07 Å². The molecule has 1 fully saturated rings. The first-order valence-electron chi connectivity index (χ1n) is 9.15. The van der Waals surface area contributed by atoms with Crippen LogP contribution < -0.4 is 0 Å². The number of likely N-dealkylation sites (tertiary alicyclic amines) is 1. The molecule has 1 aromatic carbocycles. The largest absolute Gasteiger partial charge is 0.338 e. The van der Waals surface area contributed by atoms with Crippen molar-refractivity contribution in [2.45, 2.75) is 25.8 Å². The fourth-order valence-corrected chi connectivity index (χ4v) is 4.80. The Labute approximate surface area is 162 Å². The van der Waals surface area contributed by atoms with Crippen LogP contribution in [-0.4, -0.2) is 58.7 Å². The molecule has 1 saturated heterocycles. The number of nitrogens with zero attached hydrogens (tertiary/aromatic N) is 4. The molecule has 7 heteroatoms. The molecule has 0 radical (unpaired) electrons. The predicted molar refractivity (Wildman–Crippen MR) is 106 cm³/mol. The molecule has 1 amide bonds. The van der Waals surface area contributed by atoms with E-state index in [1.165, 1.54) is 23.5 Å². The molecule has 0 saturated carbocycles. The lowest BCUT2D eigenvalue weighted by Gasteiger charge is -2.34. The molecule has 0 aliphatic carbocycles. The fourth-order valence-electron chi connectivity index (χ4n) is 3.63. The Morgan fingerprint density at radius 1 is 1.26 bits per heavy atom. The summed E-state index contributed by atoms with van der Waals surface area (Å²) in [4.78, 5) is 18.9. The van der Waals surface area contributed by atoms with Crippen LogP contribution in [0.25, 0.3) is 15.9 Å². The number of carbonyl (C=O) groups excluding carboxylic acids is 1. The van der Waals surface area contributed by atoms with Crippen LogP contribution in [0, 0.1) is 12.7 Å². The minimum atomic E-state index is -0.277. The highest BCUT2D eigenvalue weighted by Gasteiger charge is 2.26. The van der Waals surface area contributed by atoms with E-state index in [0.717, 1.165) is 52.4 Å². The van der Waals surface area contributed by atoms with Crippen LogP contribution in [0.5, 0.6) is 0 Å². The maximum absolute atomic E-state index is 13.2. The van der Waals surface area contributed by atoms with E-state index in [2.05, 4.69) is 17.0 Å². The van der Waals surface area contributed by atoms with Crippen LogP contribution in [0.15, 0.2) is 30.3 Å². The van der Waals surface area contributed by atoms with Gasteiger partial charge in [0.1, 0.15) is 10.6 Å². The molecule has 5 nitrogen and oxygen atoms in total. The minimum Gasteiger partial charge on any atom is -0.338 e. The summed E-state index contributed by atoms with van der Waals surface area (Å²) >= 11 is 1.45. The van der Waals surface area contributed by atoms with Gasteiger partial charge in [0, 0.05) is 18.5 Å². The lowest BCUT2D eigenvalue weighted by atomic mass is 10.0. The molecule has 0 atom stereocenters. The van der Waals surface area contributed by atoms with Crippen molar-refractivity contribution in [1.82, 2.24) is 19.6 Å². The van der Waals surface area contributed by atoms with Crippen molar-refractivity contribution in [3.8, 4) is 5.69 Å².